The smallest absolute Gasteiger partial charge is 0.254 e. The summed E-state index contributed by atoms with van der Waals surface area (Å²) in [5.74, 6) is 1.21. The maximum absolute atomic E-state index is 13.5. The van der Waals surface area contributed by atoms with Crippen molar-refractivity contribution >= 4 is 28.9 Å². The van der Waals surface area contributed by atoms with Gasteiger partial charge in [-0.15, -0.1) is 0 Å². The van der Waals surface area contributed by atoms with Crippen molar-refractivity contribution in [2.24, 2.45) is 10.9 Å². The largest absolute Gasteiger partial charge is 0.441 e. The quantitative estimate of drug-likeness (QED) is 0.593. The van der Waals surface area contributed by atoms with E-state index >= 15 is 0 Å². The molecule has 30 heavy (non-hydrogen) atoms. The molecule has 1 aromatic heterocycles. The fraction of sp³-hybridized carbons (Fsp3) is 0.400. The Morgan fingerprint density at radius 2 is 2.10 bits per heavy atom. The van der Waals surface area contributed by atoms with E-state index in [0.717, 1.165) is 53.7 Å². The van der Waals surface area contributed by atoms with Crippen LogP contribution in [0, 0.1) is 12.8 Å². The van der Waals surface area contributed by atoms with Gasteiger partial charge in [0.05, 0.1) is 5.69 Å². The summed E-state index contributed by atoms with van der Waals surface area (Å²) in [6.45, 7) is 7.33. The fourth-order valence-electron chi connectivity index (χ4n) is 5.93. The Labute approximate surface area is 175 Å². The van der Waals surface area contributed by atoms with Gasteiger partial charge in [-0.3, -0.25) is 9.79 Å². The van der Waals surface area contributed by atoms with Gasteiger partial charge < -0.3 is 9.32 Å². The van der Waals surface area contributed by atoms with Crippen LogP contribution in [-0.4, -0.2) is 34.6 Å². The van der Waals surface area contributed by atoms with Gasteiger partial charge in [-0.1, -0.05) is 19.9 Å². The van der Waals surface area contributed by atoms with E-state index in [0.29, 0.717) is 11.8 Å². The number of rotatable bonds is 1. The molecular weight excluding hydrogens is 374 g/mol. The molecule has 0 saturated carbocycles. The summed E-state index contributed by atoms with van der Waals surface area (Å²) < 4.78 is 5.82. The number of hydrogen-bond acceptors (Lipinski definition) is 4. The second-order valence-corrected chi connectivity index (χ2v) is 9.26. The van der Waals surface area contributed by atoms with Crippen LogP contribution in [0.2, 0.25) is 0 Å². The van der Waals surface area contributed by atoms with Crippen LogP contribution in [0.3, 0.4) is 0 Å². The SMILES string of the molecule is Cc1nc2c3c(ccc2o1)C[C@@H]1[C@@H](C)[C@@]3(C)CCN1C(=O)c1ccc2c(c1)CC=N2. The second-order valence-electron chi connectivity index (χ2n) is 9.26. The number of aryl methyl sites for hydroxylation is 1. The van der Waals surface area contributed by atoms with Crippen molar-refractivity contribution in [3.63, 3.8) is 0 Å². The summed E-state index contributed by atoms with van der Waals surface area (Å²) in [5.41, 5.74) is 7.43. The first-order valence-corrected chi connectivity index (χ1v) is 10.8. The lowest BCUT2D eigenvalue weighted by Gasteiger charge is -2.54. The van der Waals surface area contributed by atoms with Gasteiger partial charge in [0, 0.05) is 43.1 Å². The summed E-state index contributed by atoms with van der Waals surface area (Å²) in [6, 6.07) is 10.3. The molecule has 1 saturated heterocycles. The van der Waals surface area contributed by atoms with Crippen molar-refractivity contribution in [2.45, 2.75) is 51.5 Å². The van der Waals surface area contributed by atoms with Crippen molar-refractivity contribution in [3.8, 4) is 0 Å². The van der Waals surface area contributed by atoms with E-state index in [1.807, 2.05) is 37.4 Å². The highest BCUT2D eigenvalue weighted by Gasteiger charge is 2.50. The van der Waals surface area contributed by atoms with Crippen LogP contribution in [0.1, 0.15) is 53.2 Å². The van der Waals surface area contributed by atoms with E-state index in [9.17, 15) is 4.79 Å². The average Bonchev–Trinajstić information content (AvgIpc) is 3.34. The number of fused-ring (bicyclic) bond motifs is 7. The molecule has 5 nitrogen and oxygen atoms in total. The highest BCUT2D eigenvalue weighted by atomic mass is 16.3. The number of likely N-dealkylation sites (tertiary alicyclic amines) is 1. The number of carbonyl (C=O) groups is 1. The summed E-state index contributed by atoms with van der Waals surface area (Å²) >= 11 is 0. The minimum atomic E-state index is -0.0103. The second kappa shape index (κ2) is 6.03. The van der Waals surface area contributed by atoms with E-state index in [2.05, 4.69) is 29.8 Å². The van der Waals surface area contributed by atoms with Crippen LogP contribution in [0.5, 0.6) is 0 Å². The van der Waals surface area contributed by atoms with Crippen LogP contribution < -0.4 is 0 Å². The first kappa shape index (κ1) is 17.9. The molecule has 5 heteroatoms. The predicted octanol–water partition coefficient (Wildman–Crippen LogP) is 4.76. The summed E-state index contributed by atoms with van der Waals surface area (Å²) in [6.07, 6.45) is 4.53. The molecule has 6 rings (SSSR count). The van der Waals surface area contributed by atoms with Gasteiger partial charge in [-0.05, 0) is 59.7 Å². The van der Waals surface area contributed by atoms with Gasteiger partial charge in [0.15, 0.2) is 11.5 Å². The third-order valence-electron chi connectivity index (χ3n) is 7.74. The molecule has 3 atom stereocenters. The average molecular weight is 399 g/mol. The maximum atomic E-state index is 13.5. The number of oxazole rings is 1. The predicted molar refractivity (Wildman–Crippen MR) is 117 cm³/mol. The van der Waals surface area contributed by atoms with Crippen molar-refractivity contribution in [3.05, 3.63) is 58.5 Å². The van der Waals surface area contributed by atoms with Crippen LogP contribution in [-0.2, 0) is 18.3 Å². The highest BCUT2D eigenvalue weighted by molar-refractivity contribution is 5.96. The lowest BCUT2D eigenvalue weighted by Crippen LogP contribution is -2.59. The molecule has 3 aromatic rings. The molecule has 1 aliphatic carbocycles. The van der Waals surface area contributed by atoms with E-state index in [1.165, 1.54) is 11.1 Å². The Morgan fingerprint density at radius 3 is 2.97 bits per heavy atom. The number of amides is 1. The Kier molecular flexibility index (Phi) is 3.59. The first-order valence-electron chi connectivity index (χ1n) is 10.8. The van der Waals surface area contributed by atoms with E-state index in [1.54, 1.807) is 0 Å². The zero-order valence-corrected chi connectivity index (χ0v) is 17.6. The molecule has 0 radical (unpaired) electrons. The molecule has 152 valence electrons. The molecular formula is C25H25N3O2. The fourth-order valence-corrected chi connectivity index (χ4v) is 5.93. The maximum Gasteiger partial charge on any atom is 0.254 e. The third-order valence-corrected chi connectivity index (χ3v) is 7.74. The minimum absolute atomic E-state index is 0.0103. The molecule has 2 bridgehead atoms. The van der Waals surface area contributed by atoms with Gasteiger partial charge in [0.1, 0.15) is 5.52 Å². The Bertz CT molecular complexity index is 1240. The van der Waals surface area contributed by atoms with Crippen LogP contribution in [0.25, 0.3) is 11.1 Å². The number of aromatic nitrogens is 1. The molecule has 3 aliphatic rings. The zero-order valence-electron chi connectivity index (χ0n) is 17.6. The Hall–Kier alpha value is -2.95. The first-order chi connectivity index (χ1) is 14.5. The molecule has 0 spiro atoms. The Morgan fingerprint density at radius 1 is 1.23 bits per heavy atom. The van der Waals surface area contributed by atoms with Crippen LogP contribution in [0.4, 0.5) is 5.69 Å². The van der Waals surface area contributed by atoms with Crippen molar-refractivity contribution < 1.29 is 9.21 Å². The van der Waals surface area contributed by atoms with Gasteiger partial charge in [-0.25, -0.2) is 4.98 Å². The highest BCUT2D eigenvalue weighted by Crippen LogP contribution is 2.51. The summed E-state index contributed by atoms with van der Waals surface area (Å²) in [7, 11) is 0. The topological polar surface area (TPSA) is 58.7 Å². The normalized spacial score (nSPS) is 26.7. The lowest BCUT2D eigenvalue weighted by molar-refractivity contribution is 0.0255. The minimum Gasteiger partial charge on any atom is -0.441 e. The molecule has 2 aromatic carbocycles. The van der Waals surface area contributed by atoms with Gasteiger partial charge in [0.25, 0.3) is 5.91 Å². The molecule has 3 heterocycles. The number of hydrogen-bond donors (Lipinski definition) is 0. The van der Waals surface area contributed by atoms with E-state index < -0.39 is 0 Å². The van der Waals surface area contributed by atoms with Gasteiger partial charge in [-0.2, -0.15) is 0 Å². The lowest BCUT2D eigenvalue weighted by atomic mass is 9.58. The molecule has 1 amide bonds. The number of carbonyl (C=O) groups excluding carboxylic acids is 1. The molecule has 0 unspecified atom stereocenters. The standard InChI is InChI=1S/C25H25N3O2/c1-14-20-13-17-5-7-21-23(27-15(2)30-21)22(17)25(14,3)9-11-28(20)24(29)18-4-6-19-16(12-18)8-10-26-19/h4-7,10,12,14,20H,8-9,11,13H2,1-3H3/t14-,20-,25-/m1/s1. The number of benzene rings is 2. The monoisotopic (exact) mass is 399 g/mol. The number of aliphatic imine (C=N–C) groups is 1. The summed E-state index contributed by atoms with van der Waals surface area (Å²) in [4.78, 5) is 24.8. The molecule has 2 aliphatic heterocycles. The van der Waals surface area contributed by atoms with Crippen LogP contribution in [0.15, 0.2) is 39.7 Å². The zero-order chi connectivity index (χ0) is 20.6. The van der Waals surface area contributed by atoms with Crippen molar-refractivity contribution in [2.75, 3.05) is 6.54 Å². The van der Waals surface area contributed by atoms with Crippen molar-refractivity contribution in [1.82, 2.24) is 9.88 Å². The van der Waals surface area contributed by atoms with E-state index in [-0.39, 0.29) is 17.4 Å². The van der Waals surface area contributed by atoms with E-state index in [4.69, 9.17) is 9.40 Å². The van der Waals surface area contributed by atoms with Crippen molar-refractivity contribution in [1.29, 1.82) is 0 Å². The third kappa shape index (κ3) is 2.32. The summed E-state index contributed by atoms with van der Waals surface area (Å²) in [5, 5.41) is 0. The van der Waals surface area contributed by atoms with Gasteiger partial charge in [0.2, 0.25) is 0 Å². The van der Waals surface area contributed by atoms with Crippen LogP contribution >= 0.6 is 0 Å². The molecule has 0 N–H and O–H groups in total. The Balaban J connectivity index is 1.40. The van der Waals surface area contributed by atoms with Gasteiger partial charge >= 0.3 is 0 Å². The molecule has 1 fully saturated rings. The number of nitrogens with zero attached hydrogens (tertiary/aromatic N) is 3. The number of piperidine rings is 1.